The highest BCUT2D eigenvalue weighted by molar-refractivity contribution is 5.92. The standard InChI is InChI=1S/C12H13F3O3/c1-7(2)18-11(16)9-6-8(12(13,14)15)4-5-10(9)17-3/h4-7H,1-3H3. The Balaban J connectivity index is 3.18. The van der Waals surface area contributed by atoms with Gasteiger partial charge in [0.1, 0.15) is 11.3 Å². The van der Waals surface area contributed by atoms with Crippen LogP contribution < -0.4 is 4.74 Å². The molecule has 0 bridgehead atoms. The van der Waals surface area contributed by atoms with Gasteiger partial charge >= 0.3 is 12.1 Å². The Labute approximate surface area is 103 Å². The van der Waals surface area contributed by atoms with Crippen LogP contribution in [0.1, 0.15) is 29.8 Å². The van der Waals surface area contributed by atoms with Crippen LogP contribution in [0.3, 0.4) is 0 Å². The molecular formula is C12H13F3O3. The highest BCUT2D eigenvalue weighted by Crippen LogP contribution is 2.32. The van der Waals surface area contributed by atoms with E-state index >= 15 is 0 Å². The van der Waals surface area contributed by atoms with Crippen molar-refractivity contribution >= 4 is 5.97 Å². The Morgan fingerprint density at radius 1 is 1.28 bits per heavy atom. The van der Waals surface area contributed by atoms with Crippen LogP contribution in [0.5, 0.6) is 5.75 Å². The van der Waals surface area contributed by atoms with Crippen molar-refractivity contribution in [2.24, 2.45) is 0 Å². The van der Waals surface area contributed by atoms with Crippen molar-refractivity contribution in [3.63, 3.8) is 0 Å². The second-order valence-corrected chi connectivity index (χ2v) is 3.87. The van der Waals surface area contributed by atoms with Crippen LogP contribution in [0.25, 0.3) is 0 Å². The molecule has 0 unspecified atom stereocenters. The maximum Gasteiger partial charge on any atom is 0.416 e. The zero-order valence-electron chi connectivity index (χ0n) is 10.2. The number of carbonyl (C=O) groups is 1. The lowest BCUT2D eigenvalue weighted by atomic mass is 10.1. The summed E-state index contributed by atoms with van der Waals surface area (Å²) in [7, 11) is 1.27. The first-order valence-electron chi connectivity index (χ1n) is 5.22. The lowest BCUT2D eigenvalue weighted by molar-refractivity contribution is -0.137. The molecule has 18 heavy (non-hydrogen) atoms. The summed E-state index contributed by atoms with van der Waals surface area (Å²) in [5.41, 5.74) is -1.15. The van der Waals surface area contributed by atoms with Crippen LogP contribution in [-0.4, -0.2) is 19.2 Å². The van der Waals surface area contributed by atoms with Crippen molar-refractivity contribution in [2.75, 3.05) is 7.11 Å². The van der Waals surface area contributed by atoms with E-state index in [4.69, 9.17) is 9.47 Å². The van der Waals surface area contributed by atoms with Crippen LogP contribution in [0.2, 0.25) is 0 Å². The molecule has 1 aromatic rings. The van der Waals surface area contributed by atoms with Crippen molar-refractivity contribution in [2.45, 2.75) is 26.1 Å². The minimum Gasteiger partial charge on any atom is -0.496 e. The summed E-state index contributed by atoms with van der Waals surface area (Å²) in [5.74, 6) is -0.790. The molecule has 0 saturated heterocycles. The highest BCUT2D eigenvalue weighted by atomic mass is 19.4. The van der Waals surface area contributed by atoms with Gasteiger partial charge in [-0.2, -0.15) is 13.2 Å². The minimum absolute atomic E-state index is 0.0497. The summed E-state index contributed by atoms with van der Waals surface area (Å²) < 4.78 is 47.3. The first kappa shape index (κ1) is 14.3. The summed E-state index contributed by atoms with van der Waals surface area (Å²) in [5, 5.41) is 0. The Bertz CT molecular complexity index is 439. The highest BCUT2D eigenvalue weighted by Gasteiger charge is 2.32. The lowest BCUT2D eigenvalue weighted by Crippen LogP contribution is -2.14. The first-order valence-corrected chi connectivity index (χ1v) is 5.22. The molecule has 0 aliphatic heterocycles. The molecule has 0 fully saturated rings. The average Bonchev–Trinajstić information content (AvgIpc) is 2.26. The van der Waals surface area contributed by atoms with E-state index in [0.717, 1.165) is 18.2 Å². The van der Waals surface area contributed by atoms with E-state index < -0.39 is 23.8 Å². The maximum absolute atomic E-state index is 12.5. The quantitative estimate of drug-likeness (QED) is 0.784. The zero-order chi connectivity index (χ0) is 13.9. The van der Waals surface area contributed by atoms with Gasteiger partial charge in [-0.15, -0.1) is 0 Å². The van der Waals surface area contributed by atoms with E-state index in [2.05, 4.69) is 0 Å². The van der Waals surface area contributed by atoms with Crippen molar-refractivity contribution in [3.05, 3.63) is 29.3 Å². The van der Waals surface area contributed by atoms with Gasteiger partial charge in [-0.1, -0.05) is 0 Å². The number of esters is 1. The fourth-order valence-electron chi connectivity index (χ4n) is 1.32. The molecule has 3 nitrogen and oxygen atoms in total. The third kappa shape index (κ3) is 3.38. The fraction of sp³-hybridized carbons (Fsp3) is 0.417. The maximum atomic E-state index is 12.5. The summed E-state index contributed by atoms with van der Waals surface area (Å²) in [6, 6.07) is 2.67. The number of alkyl halides is 3. The van der Waals surface area contributed by atoms with Gasteiger partial charge in [0.05, 0.1) is 18.8 Å². The van der Waals surface area contributed by atoms with Crippen LogP contribution in [-0.2, 0) is 10.9 Å². The molecule has 0 atom stereocenters. The Kier molecular flexibility index (Phi) is 4.21. The molecule has 0 saturated carbocycles. The zero-order valence-corrected chi connectivity index (χ0v) is 10.2. The molecule has 0 aliphatic rings. The normalized spacial score (nSPS) is 11.5. The minimum atomic E-state index is -4.51. The van der Waals surface area contributed by atoms with Crippen LogP contribution in [0.15, 0.2) is 18.2 Å². The lowest BCUT2D eigenvalue weighted by Gasteiger charge is -2.13. The SMILES string of the molecule is COc1ccc(C(F)(F)F)cc1C(=O)OC(C)C. The monoisotopic (exact) mass is 262 g/mol. The summed E-state index contributed by atoms with van der Waals surface area (Å²) in [6.07, 6.45) is -4.93. The van der Waals surface area contributed by atoms with Crippen molar-refractivity contribution in [3.8, 4) is 5.75 Å². The molecule has 0 aromatic heterocycles. The number of methoxy groups -OCH3 is 1. The summed E-state index contributed by atoms with van der Waals surface area (Å²) in [6.45, 7) is 3.22. The molecule has 100 valence electrons. The van der Waals surface area contributed by atoms with Crippen molar-refractivity contribution in [1.29, 1.82) is 0 Å². The molecular weight excluding hydrogens is 249 g/mol. The Morgan fingerprint density at radius 2 is 1.89 bits per heavy atom. The predicted molar refractivity (Wildman–Crippen MR) is 58.5 cm³/mol. The second-order valence-electron chi connectivity index (χ2n) is 3.87. The molecule has 6 heteroatoms. The van der Waals surface area contributed by atoms with Crippen molar-refractivity contribution in [1.82, 2.24) is 0 Å². The first-order chi connectivity index (χ1) is 8.25. The molecule has 1 rings (SSSR count). The van der Waals surface area contributed by atoms with Gasteiger partial charge in [0.25, 0.3) is 0 Å². The van der Waals surface area contributed by atoms with Crippen molar-refractivity contribution < 1.29 is 27.4 Å². The van der Waals surface area contributed by atoms with E-state index in [1.807, 2.05) is 0 Å². The third-order valence-electron chi connectivity index (χ3n) is 2.09. The largest absolute Gasteiger partial charge is 0.496 e. The average molecular weight is 262 g/mol. The number of halogens is 3. The number of rotatable bonds is 3. The molecule has 0 spiro atoms. The molecule has 0 radical (unpaired) electrons. The van der Waals surface area contributed by atoms with Gasteiger partial charge in [-0.3, -0.25) is 0 Å². The molecule has 0 N–H and O–H groups in total. The van der Waals surface area contributed by atoms with Gasteiger partial charge < -0.3 is 9.47 Å². The predicted octanol–water partition coefficient (Wildman–Crippen LogP) is 3.28. The Hall–Kier alpha value is -1.72. The van der Waals surface area contributed by atoms with E-state index in [-0.39, 0.29) is 11.3 Å². The van der Waals surface area contributed by atoms with Gasteiger partial charge in [-0.05, 0) is 32.0 Å². The number of benzene rings is 1. The Morgan fingerprint density at radius 3 is 2.33 bits per heavy atom. The van der Waals surface area contributed by atoms with Gasteiger partial charge in [-0.25, -0.2) is 4.79 Å². The van der Waals surface area contributed by atoms with Crippen LogP contribution in [0, 0.1) is 0 Å². The number of hydrogen-bond donors (Lipinski definition) is 0. The number of hydrogen-bond acceptors (Lipinski definition) is 3. The van der Waals surface area contributed by atoms with Crippen LogP contribution >= 0.6 is 0 Å². The van der Waals surface area contributed by atoms with E-state index in [9.17, 15) is 18.0 Å². The number of carbonyl (C=O) groups excluding carboxylic acids is 1. The molecule has 0 aliphatic carbocycles. The van der Waals surface area contributed by atoms with E-state index in [1.165, 1.54) is 7.11 Å². The third-order valence-corrected chi connectivity index (χ3v) is 2.09. The van der Waals surface area contributed by atoms with Gasteiger partial charge in [0.15, 0.2) is 0 Å². The summed E-state index contributed by atoms with van der Waals surface area (Å²) >= 11 is 0. The second kappa shape index (κ2) is 5.29. The van der Waals surface area contributed by atoms with Gasteiger partial charge in [0, 0.05) is 0 Å². The topological polar surface area (TPSA) is 35.5 Å². The fourth-order valence-corrected chi connectivity index (χ4v) is 1.32. The molecule has 1 aromatic carbocycles. The van der Waals surface area contributed by atoms with Crippen LogP contribution in [0.4, 0.5) is 13.2 Å². The smallest absolute Gasteiger partial charge is 0.416 e. The molecule has 0 heterocycles. The van der Waals surface area contributed by atoms with Gasteiger partial charge in [0.2, 0.25) is 0 Å². The molecule has 0 amide bonds. The number of ether oxygens (including phenoxy) is 2. The van der Waals surface area contributed by atoms with E-state index in [0.29, 0.717) is 0 Å². The summed E-state index contributed by atoms with van der Waals surface area (Å²) in [4.78, 5) is 11.6. The van der Waals surface area contributed by atoms with E-state index in [1.54, 1.807) is 13.8 Å².